The van der Waals surface area contributed by atoms with Crippen LogP contribution < -0.4 is 5.32 Å². The zero-order valence-electron chi connectivity index (χ0n) is 12.2. The van der Waals surface area contributed by atoms with Crippen molar-refractivity contribution in [2.24, 2.45) is 5.92 Å². The summed E-state index contributed by atoms with van der Waals surface area (Å²) in [6, 6.07) is 4.20. The minimum absolute atomic E-state index is 0.700. The zero-order valence-corrected chi connectivity index (χ0v) is 12.2. The number of hydrogen-bond donors (Lipinski definition) is 1. The highest BCUT2D eigenvalue weighted by atomic mass is 15.1. The van der Waals surface area contributed by atoms with E-state index in [4.69, 9.17) is 0 Å². The second-order valence-electron chi connectivity index (χ2n) is 5.18. The largest absolute Gasteiger partial charge is 0.385 e. The van der Waals surface area contributed by atoms with Crippen LogP contribution in [0.1, 0.15) is 39.8 Å². The Balaban J connectivity index is 2.59. The molecule has 0 bridgehead atoms. The molecule has 0 aromatic carbocycles. The lowest BCUT2D eigenvalue weighted by Gasteiger charge is -2.22. The van der Waals surface area contributed by atoms with Gasteiger partial charge in [0.1, 0.15) is 0 Å². The molecule has 0 spiro atoms. The van der Waals surface area contributed by atoms with E-state index in [1.807, 2.05) is 12.3 Å². The SMILES string of the molecule is CCCNc1ccnc(CN(CC)CC(C)C)c1. The molecule has 1 aromatic rings. The fraction of sp³-hybridized carbons (Fsp3) is 0.667. The molecule has 1 rings (SSSR count). The van der Waals surface area contributed by atoms with Gasteiger partial charge in [0.25, 0.3) is 0 Å². The molecule has 0 saturated carbocycles. The van der Waals surface area contributed by atoms with Crippen LogP contribution in [0.3, 0.4) is 0 Å². The number of hydrogen-bond acceptors (Lipinski definition) is 3. The van der Waals surface area contributed by atoms with Crippen LogP contribution in [0.15, 0.2) is 18.3 Å². The lowest BCUT2D eigenvalue weighted by molar-refractivity contribution is 0.246. The van der Waals surface area contributed by atoms with Crippen molar-refractivity contribution in [1.82, 2.24) is 9.88 Å². The van der Waals surface area contributed by atoms with Crippen molar-refractivity contribution in [3.8, 4) is 0 Å². The summed E-state index contributed by atoms with van der Waals surface area (Å²) in [6.07, 6.45) is 3.04. The molecule has 1 N–H and O–H groups in total. The number of nitrogens with zero attached hydrogens (tertiary/aromatic N) is 2. The third-order valence-electron chi connectivity index (χ3n) is 2.85. The summed E-state index contributed by atoms with van der Waals surface area (Å²) in [4.78, 5) is 6.90. The molecular formula is C15H27N3. The summed E-state index contributed by atoms with van der Waals surface area (Å²) >= 11 is 0. The first-order valence-corrected chi connectivity index (χ1v) is 7.06. The predicted molar refractivity (Wildman–Crippen MR) is 78.8 cm³/mol. The number of pyridine rings is 1. The second kappa shape index (κ2) is 8.09. The number of anilines is 1. The van der Waals surface area contributed by atoms with Gasteiger partial charge in [0.2, 0.25) is 0 Å². The van der Waals surface area contributed by atoms with Crippen LogP contribution in [0.4, 0.5) is 5.69 Å². The first kappa shape index (κ1) is 15.0. The topological polar surface area (TPSA) is 28.2 Å². The third kappa shape index (κ3) is 5.50. The molecule has 3 heteroatoms. The third-order valence-corrected chi connectivity index (χ3v) is 2.85. The zero-order chi connectivity index (χ0) is 13.4. The van der Waals surface area contributed by atoms with Crippen LogP contribution >= 0.6 is 0 Å². The molecule has 0 unspecified atom stereocenters. The van der Waals surface area contributed by atoms with Gasteiger partial charge >= 0.3 is 0 Å². The van der Waals surface area contributed by atoms with Gasteiger partial charge < -0.3 is 5.32 Å². The normalized spacial score (nSPS) is 11.2. The van der Waals surface area contributed by atoms with E-state index in [0.29, 0.717) is 5.92 Å². The average molecular weight is 249 g/mol. The average Bonchev–Trinajstić information content (AvgIpc) is 2.35. The summed E-state index contributed by atoms with van der Waals surface area (Å²) in [5, 5.41) is 3.41. The summed E-state index contributed by atoms with van der Waals surface area (Å²) in [7, 11) is 0. The Morgan fingerprint density at radius 1 is 1.33 bits per heavy atom. The summed E-state index contributed by atoms with van der Waals surface area (Å²) in [5.74, 6) is 0.700. The Morgan fingerprint density at radius 3 is 2.72 bits per heavy atom. The molecule has 0 radical (unpaired) electrons. The Labute approximate surface area is 112 Å². The van der Waals surface area contributed by atoms with Crippen LogP contribution in [0, 0.1) is 5.92 Å². The van der Waals surface area contributed by atoms with E-state index < -0.39 is 0 Å². The minimum atomic E-state index is 0.700. The molecule has 0 aliphatic carbocycles. The standard InChI is InChI=1S/C15H27N3/c1-5-8-16-14-7-9-17-15(10-14)12-18(6-2)11-13(3)4/h7,9-10,13H,5-6,8,11-12H2,1-4H3,(H,16,17). The lowest BCUT2D eigenvalue weighted by atomic mass is 10.2. The Kier molecular flexibility index (Phi) is 6.73. The summed E-state index contributed by atoms with van der Waals surface area (Å²) < 4.78 is 0. The minimum Gasteiger partial charge on any atom is -0.385 e. The second-order valence-corrected chi connectivity index (χ2v) is 5.18. The van der Waals surface area contributed by atoms with Crippen LogP contribution in [0.2, 0.25) is 0 Å². The highest BCUT2D eigenvalue weighted by Gasteiger charge is 2.07. The predicted octanol–water partition coefficient (Wildman–Crippen LogP) is 3.38. The molecule has 3 nitrogen and oxygen atoms in total. The van der Waals surface area contributed by atoms with E-state index in [-0.39, 0.29) is 0 Å². The van der Waals surface area contributed by atoms with Gasteiger partial charge in [0, 0.05) is 31.5 Å². The van der Waals surface area contributed by atoms with Gasteiger partial charge in [0.15, 0.2) is 0 Å². The summed E-state index contributed by atoms with van der Waals surface area (Å²) in [6.45, 7) is 13.1. The van der Waals surface area contributed by atoms with E-state index in [9.17, 15) is 0 Å². The Hall–Kier alpha value is -1.09. The highest BCUT2D eigenvalue weighted by Crippen LogP contribution is 2.11. The van der Waals surface area contributed by atoms with Crippen molar-refractivity contribution in [3.63, 3.8) is 0 Å². The van der Waals surface area contributed by atoms with E-state index in [2.05, 4.69) is 49.0 Å². The lowest BCUT2D eigenvalue weighted by Crippen LogP contribution is -2.27. The maximum Gasteiger partial charge on any atom is 0.0564 e. The molecule has 0 atom stereocenters. The maximum atomic E-state index is 4.46. The van der Waals surface area contributed by atoms with Gasteiger partial charge in [-0.3, -0.25) is 9.88 Å². The number of rotatable bonds is 8. The van der Waals surface area contributed by atoms with Crippen molar-refractivity contribution in [2.75, 3.05) is 25.0 Å². The highest BCUT2D eigenvalue weighted by molar-refractivity contribution is 5.43. The number of aromatic nitrogens is 1. The van der Waals surface area contributed by atoms with Crippen molar-refractivity contribution >= 4 is 5.69 Å². The van der Waals surface area contributed by atoms with E-state index in [1.54, 1.807) is 0 Å². The van der Waals surface area contributed by atoms with Crippen molar-refractivity contribution in [3.05, 3.63) is 24.0 Å². The summed E-state index contributed by atoms with van der Waals surface area (Å²) in [5.41, 5.74) is 2.33. The molecule has 1 heterocycles. The Morgan fingerprint density at radius 2 is 2.11 bits per heavy atom. The molecule has 1 aromatic heterocycles. The van der Waals surface area contributed by atoms with Gasteiger partial charge in [-0.05, 0) is 31.0 Å². The molecule has 0 fully saturated rings. The number of nitrogens with one attached hydrogen (secondary N) is 1. The van der Waals surface area contributed by atoms with Crippen molar-refractivity contribution < 1.29 is 0 Å². The molecule has 102 valence electrons. The molecule has 0 aliphatic heterocycles. The first-order valence-electron chi connectivity index (χ1n) is 7.06. The van der Waals surface area contributed by atoms with E-state index in [0.717, 1.165) is 38.3 Å². The van der Waals surface area contributed by atoms with Gasteiger partial charge in [-0.2, -0.15) is 0 Å². The van der Waals surface area contributed by atoms with E-state index in [1.165, 1.54) is 5.69 Å². The maximum absolute atomic E-state index is 4.46. The quantitative estimate of drug-likeness (QED) is 0.765. The fourth-order valence-electron chi connectivity index (χ4n) is 1.99. The monoisotopic (exact) mass is 249 g/mol. The smallest absolute Gasteiger partial charge is 0.0564 e. The van der Waals surface area contributed by atoms with Crippen LogP contribution in [-0.2, 0) is 6.54 Å². The van der Waals surface area contributed by atoms with Crippen LogP contribution in [-0.4, -0.2) is 29.5 Å². The molecule has 18 heavy (non-hydrogen) atoms. The first-order chi connectivity index (χ1) is 8.65. The van der Waals surface area contributed by atoms with Crippen LogP contribution in [0.5, 0.6) is 0 Å². The van der Waals surface area contributed by atoms with E-state index >= 15 is 0 Å². The fourth-order valence-corrected chi connectivity index (χ4v) is 1.99. The molecule has 0 saturated heterocycles. The van der Waals surface area contributed by atoms with Crippen LogP contribution in [0.25, 0.3) is 0 Å². The Bertz CT molecular complexity index is 336. The van der Waals surface area contributed by atoms with Gasteiger partial charge in [-0.1, -0.05) is 27.7 Å². The molecule has 0 aliphatic rings. The van der Waals surface area contributed by atoms with Crippen molar-refractivity contribution in [2.45, 2.75) is 40.7 Å². The molecular weight excluding hydrogens is 222 g/mol. The van der Waals surface area contributed by atoms with Gasteiger partial charge in [0.05, 0.1) is 5.69 Å². The van der Waals surface area contributed by atoms with Gasteiger partial charge in [-0.25, -0.2) is 0 Å². The van der Waals surface area contributed by atoms with Crippen molar-refractivity contribution in [1.29, 1.82) is 0 Å². The van der Waals surface area contributed by atoms with Gasteiger partial charge in [-0.15, -0.1) is 0 Å². The molecule has 0 amide bonds.